The highest BCUT2D eigenvalue weighted by Crippen LogP contribution is 2.46. The predicted molar refractivity (Wildman–Crippen MR) is 72.5 cm³/mol. The zero-order valence-corrected chi connectivity index (χ0v) is 12.3. The summed E-state index contributed by atoms with van der Waals surface area (Å²) in [6.45, 7) is 3.35. The fourth-order valence-electron chi connectivity index (χ4n) is 2.01. The van der Waals surface area contributed by atoms with Crippen LogP contribution in [0.1, 0.15) is 20.8 Å². The first-order valence-electron chi connectivity index (χ1n) is 5.03. The van der Waals surface area contributed by atoms with Crippen LogP contribution in [0.25, 0.3) is 0 Å². The number of carboxylic acid groups (broad SMARTS) is 2. The van der Waals surface area contributed by atoms with Crippen molar-refractivity contribution >= 4 is 35.4 Å². The van der Waals surface area contributed by atoms with Gasteiger partial charge in [0.25, 0.3) is 0 Å². The number of thioether (sulfide) groups is 1. The molecule has 1 amide bonds. The highest BCUT2D eigenvalue weighted by atomic mass is 32.2. The average Bonchev–Trinajstić information content (AvgIpc) is 2.54. The molecule has 0 aromatic rings. The molecule has 0 aromatic carbocycles. The van der Waals surface area contributed by atoms with E-state index in [2.05, 4.69) is 0 Å². The van der Waals surface area contributed by atoms with Crippen LogP contribution in [0.15, 0.2) is 0 Å². The van der Waals surface area contributed by atoms with E-state index in [1.54, 1.807) is 0 Å². The van der Waals surface area contributed by atoms with Crippen LogP contribution in [0.2, 0.25) is 0 Å². The Hall–Kier alpha value is -1.65. The third-order valence-electron chi connectivity index (χ3n) is 3.12. The van der Waals surface area contributed by atoms with E-state index in [0.717, 1.165) is 25.6 Å². The molecule has 0 radical (unpaired) electrons. The molecule has 1 saturated heterocycles. The first kappa shape index (κ1) is 20.7. The van der Waals surface area contributed by atoms with Crippen molar-refractivity contribution in [3.8, 4) is 0 Å². The highest BCUT2D eigenvalue weighted by Gasteiger charge is 2.64. The van der Waals surface area contributed by atoms with Crippen molar-refractivity contribution in [2.45, 2.75) is 31.2 Å². The standard InChI is InChI=1S/C10H13NO6S.2H3N/c1-5(12)10(6(2)13)4-18-9(3,7(14)15)11(10)8(16)17;;/h4H2,1-3H3,(H,14,15)(H,16,17);2*1H3. The Labute approximate surface area is 119 Å². The molecule has 0 aliphatic carbocycles. The lowest BCUT2D eigenvalue weighted by Gasteiger charge is -2.37. The molecule has 1 rings (SSSR count). The van der Waals surface area contributed by atoms with Crippen LogP contribution in [0, 0.1) is 0 Å². The van der Waals surface area contributed by atoms with Gasteiger partial charge in [-0.25, -0.2) is 9.59 Å². The van der Waals surface area contributed by atoms with Crippen molar-refractivity contribution < 1.29 is 29.4 Å². The number of hydrogen-bond acceptors (Lipinski definition) is 7. The van der Waals surface area contributed by atoms with Gasteiger partial charge in [-0.3, -0.25) is 14.5 Å². The van der Waals surface area contributed by atoms with E-state index >= 15 is 0 Å². The maximum Gasteiger partial charge on any atom is 0.410 e. The van der Waals surface area contributed by atoms with Crippen LogP contribution in [-0.4, -0.2) is 54.9 Å². The molecule has 9 nitrogen and oxygen atoms in total. The van der Waals surface area contributed by atoms with Gasteiger partial charge in [-0.1, -0.05) is 0 Å². The van der Waals surface area contributed by atoms with Crippen LogP contribution in [0.4, 0.5) is 4.79 Å². The van der Waals surface area contributed by atoms with E-state index in [1.807, 2.05) is 0 Å². The van der Waals surface area contributed by atoms with Crippen LogP contribution in [-0.2, 0) is 14.4 Å². The molecule has 1 atom stereocenters. The molecule has 116 valence electrons. The van der Waals surface area contributed by atoms with Gasteiger partial charge in [0.2, 0.25) is 0 Å². The number of ketones is 2. The molecule has 8 N–H and O–H groups in total. The van der Waals surface area contributed by atoms with Crippen molar-refractivity contribution in [2.24, 2.45) is 0 Å². The molecule has 0 aromatic heterocycles. The Morgan fingerprint density at radius 2 is 1.45 bits per heavy atom. The second-order valence-electron chi connectivity index (χ2n) is 4.17. The minimum atomic E-state index is -1.91. The van der Waals surface area contributed by atoms with Gasteiger partial charge < -0.3 is 22.5 Å². The molecular formula is C10H19N3O6S. The second kappa shape index (κ2) is 6.20. The molecule has 1 heterocycles. The second-order valence-corrected chi connectivity index (χ2v) is 5.54. The maximum absolute atomic E-state index is 11.7. The largest absolute Gasteiger partial charge is 0.479 e. The molecule has 0 bridgehead atoms. The van der Waals surface area contributed by atoms with Crippen LogP contribution >= 0.6 is 11.8 Å². The summed E-state index contributed by atoms with van der Waals surface area (Å²) < 4.78 is 0. The average molecular weight is 309 g/mol. The molecule has 1 aliphatic heterocycles. The normalized spacial score (nSPS) is 23.2. The highest BCUT2D eigenvalue weighted by molar-refractivity contribution is 8.01. The Bertz CT molecular complexity index is 440. The minimum Gasteiger partial charge on any atom is -0.479 e. The number of rotatable bonds is 3. The monoisotopic (exact) mass is 309 g/mol. The lowest BCUT2D eigenvalue weighted by atomic mass is 9.89. The zero-order chi connectivity index (χ0) is 14.3. The van der Waals surface area contributed by atoms with Crippen LogP contribution in [0.5, 0.6) is 0 Å². The van der Waals surface area contributed by atoms with Crippen molar-refractivity contribution in [3.05, 3.63) is 0 Å². The first-order valence-corrected chi connectivity index (χ1v) is 6.02. The van der Waals surface area contributed by atoms with Crippen LogP contribution < -0.4 is 12.3 Å². The quantitative estimate of drug-likeness (QED) is 0.546. The number of carboxylic acids is 1. The Kier molecular flexibility index (Phi) is 6.41. The Morgan fingerprint density at radius 3 is 1.70 bits per heavy atom. The topological polar surface area (TPSA) is 182 Å². The van der Waals surface area contributed by atoms with E-state index in [-0.39, 0.29) is 18.1 Å². The summed E-state index contributed by atoms with van der Waals surface area (Å²) in [5.74, 6) is -2.93. The molecule has 0 saturated carbocycles. The molecule has 1 unspecified atom stereocenters. The smallest absolute Gasteiger partial charge is 0.410 e. The summed E-state index contributed by atoms with van der Waals surface area (Å²) in [5, 5.41) is 18.3. The van der Waals surface area contributed by atoms with Crippen molar-refractivity contribution in [1.29, 1.82) is 0 Å². The summed E-state index contributed by atoms with van der Waals surface area (Å²) in [4.78, 5) is 44.5. The van der Waals surface area contributed by atoms with Gasteiger partial charge in [0.1, 0.15) is 0 Å². The number of carbonyl (C=O) groups is 4. The number of nitrogens with zero attached hydrogens (tertiary/aromatic N) is 1. The molecule has 10 heteroatoms. The number of aliphatic carboxylic acids is 1. The minimum absolute atomic E-state index is 0. The summed E-state index contributed by atoms with van der Waals surface area (Å²) in [6, 6.07) is 0. The first-order chi connectivity index (χ1) is 8.10. The fraction of sp³-hybridized carbons (Fsp3) is 0.600. The summed E-state index contributed by atoms with van der Waals surface area (Å²) in [6.07, 6.45) is -1.60. The SMILES string of the molecule is CC(=O)C1(C(C)=O)CSC(C)(C(=O)O)N1C(=O)O.N.N. The van der Waals surface area contributed by atoms with Crippen molar-refractivity contribution in [2.75, 3.05) is 5.75 Å². The third-order valence-corrected chi connectivity index (χ3v) is 4.60. The van der Waals surface area contributed by atoms with Gasteiger partial charge in [-0.05, 0) is 20.8 Å². The summed E-state index contributed by atoms with van der Waals surface area (Å²) >= 11 is 0.757. The van der Waals surface area contributed by atoms with E-state index in [4.69, 9.17) is 5.11 Å². The van der Waals surface area contributed by atoms with E-state index in [9.17, 15) is 24.3 Å². The summed E-state index contributed by atoms with van der Waals surface area (Å²) in [5.41, 5.74) is -1.91. The lowest BCUT2D eigenvalue weighted by Crippen LogP contribution is -2.64. The van der Waals surface area contributed by atoms with Crippen molar-refractivity contribution in [3.63, 3.8) is 0 Å². The van der Waals surface area contributed by atoms with E-state index in [1.165, 1.54) is 6.92 Å². The lowest BCUT2D eigenvalue weighted by molar-refractivity contribution is -0.149. The number of carbonyl (C=O) groups excluding carboxylic acids is 2. The molecule has 20 heavy (non-hydrogen) atoms. The maximum atomic E-state index is 11.7. The van der Waals surface area contributed by atoms with Gasteiger partial charge in [-0.2, -0.15) is 0 Å². The predicted octanol–water partition coefficient (Wildman–Crippen LogP) is 0.755. The summed E-state index contributed by atoms with van der Waals surface area (Å²) in [7, 11) is 0. The van der Waals surface area contributed by atoms with Gasteiger partial charge in [0.05, 0.1) is 0 Å². The fourth-order valence-corrected chi connectivity index (χ4v) is 3.52. The number of hydrogen-bond donors (Lipinski definition) is 4. The van der Waals surface area contributed by atoms with E-state index < -0.39 is 34.0 Å². The van der Waals surface area contributed by atoms with Gasteiger partial charge in [-0.15, -0.1) is 11.8 Å². The van der Waals surface area contributed by atoms with Gasteiger partial charge in [0, 0.05) is 5.75 Å². The molecule has 1 fully saturated rings. The zero-order valence-electron chi connectivity index (χ0n) is 11.5. The third kappa shape index (κ3) is 2.49. The van der Waals surface area contributed by atoms with Gasteiger partial charge >= 0.3 is 12.1 Å². The molecule has 0 spiro atoms. The Balaban J connectivity index is 0. The number of Topliss-reactive ketones (excluding diaryl/α,β-unsaturated/α-hetero) is 2. The van der Waals surface area contributed by atoms with E-state index in [0.29, 0.717) is 4.90 Å². The van der Waals surface area contributed by atoms with Crippen molar-refractivity contribution in [1.82, 2.24) is 17.2 Å². The molecular weight excluding hydrogens is 290 g/mol. The Morgan fingerprint density at radius 1 is 1.05 bits per heavy atom. The van der Waals surface area contributed by atoms with Crippen LogP contribution in [0.3, 0.4) is 0 Å². The number of amides is 1. The molecule has 1 aliphatic rings. The van der Waals surface area contributed by atoms with Gasteiger partial charge in [0.15, 0.2) is 22.0 Å².